The van der Waals surface area contributed by atoms with Gasteiger partial charge in [0.25, 0.3) is 5.91 Å². The number of aldehydes is 1. The first kappa shape index (κ1) is 36.9. The number of hydrogen-bond donors (Lipinski definition) is 7. The molecule has 268 valence electrons. The third kappa shape index (κ3) is 7.55. The molecule has 8 N–H and O–H groups in total. The first-order chi connectivity index (χ1) is 24.3. The summed E-state index contributed by atoms with van der Waals surface area (Å²) in [5.41, 5.74) is -0.00177. The number of carboxylic acids is 1. The average molecular weight is 703 g/mol. The van der Waals surface area contributed by atoms with E-state index in [0.717, 1.165) is 18.1 Å². The molecule has 14 nitrogen and oxygen atoms in total. The second-order valence-electron chi connectivity index (χ2n) is 12.5. The molecule has 0 saturated carbocycles. The van der Waals surface area contributed by atoms with Crippen molar-refractivity contribution in [2.24, 2.45) is 11.7 Å². The van der Waals surface area contributed by atoms with Gasteiger partial charge in [0.2, 0.25) is 17.5 Å². The van der Waals surface area contributed by atoms with Gasteiger partial charge in [-0.1, -0.05) is 61.5 Å². The van der Waals surface area contributed by atoms with Crippen molar-refractivity contribution in [3.8, 4) is 22.6 Å². The zero-order valence-corrected chi connectivity index (χ0v) is 27.5. The Kier molecular flexibility index (Phi) is 11.0. The lowest BCUT2D eigenvalue weighted by Gasteiger charge is -2.51. The molecule has 5 rings (SSSR count). The summed E-state index contributed by atoms with van der Waals surface area (Å²) in [4.78, 5) is 50.2. The van der Waals surface area contributed by atoms with Crippen LogP contribution < -0.4 is 21.2 Å². The number of aliphatic hydroxyl groups excluding tert-OH is 1. The Morgan fingerprint density at radius 2 is 1.78 bits per heavy atom. The Balaban J connectivity index is 1.40. The number of nitrogens with two attached hydrogens (primary N) is 1. The number of fused-ring (bicyclic) bond motifs is 1. The number of benzene rings is 3. The molecule has 1 aliphatic heterocycles. The average Bonchev–Trinajstić information content (AvgIpc) is 3.11. The standard InChI is InChI=1S/C37H38N2O12/c1-21(6-5-9-22-7-3-2-4-8-22)16-17-39-19-36(47)35(51-31(34(45)46)32(43)37(36,48)20-40)49-25-14-15-26-27(18-25)50-30(33(38)44)28(29(26)42)23-10-12-24(41)13-11-23/h2-5,7-15,18,20-21,31-32,35,39,41,43,47-48H,6,16-17,19H2,1H3,(H2,38,44)(H,45,46)/t21-,31-,32+,35+,36+,37-/m0/s1. The molecule has 3 aromatic carbocycles. The van der Waals surface area contributed by atoms with Gasteiger partial charge in [-0.3, -0.25) is 14.4 Å². The molecule has 1 amide bonds. The zero-order chi connectivity index (χ0) is 36.9. The molecule has 0 unspecified atom stereocenters. The van der Waals surface area contributed by atoms with Crippen LogP contribution in [0.15, 0.2) is 88.1 Å². The quantitative estimate of drug-likeness (QED) is 0.0738. The summed E-state index contributed by atoms with van der Waals surface area (Å²) in [6, 6.07) is 18.9. The third-order valence-corrected chi connectivity index (χ3v) is 8.86. The molecule has 6 atom stereocenters. The number of amides is 1. The predicted octanol–water partition coefficient (Wildman–Crippen LogP) is 2.19. The lowest BCUT2D eigenvalue weighted by atomic mass is 9.74. The molecule has 1 fully saturated rings. The van der Waals surface area contributed by atoms with Crippen molar-refractivity contribution >= 4 is 35.2 Å². The summed E-state index contributed by atoms with van der Waals surface area (Å²) in [6.45, 7) is 1.70. The van der Waals surface area contributed by atoms with Gasteiger partial charge < -0.3 is 50.5 Å². The molecular weight excluding hydrogens is 664 g/mol. The van der Waals surface area contributed by atoms with Gasteiger partial charge in [-0.05, 0) is 60.7 Å². The fourth-order valence-electron chi connectivity index (χ4n) is 5.89. The number of hydrogen-bond acceptors (Lipinski definition) is 12. The molecule has 0 bridgehead atoms. The van der Waals surface area contributed by atoms with Crippen LogP contribution in [0.1, 0.15) is 35.9 Å². The van der Waals surface area contributed by atoms with E-state index in [2.05, 4.69) is 5.32 Å². The fourth-order valence-corrected chi connectivity index (χ4v) is 5.89. The molecule has 0 radical (unpaired) electrons. The fraction of sp³-hybridized carbons (Fsp3) is 0.297. The molecule has 1 aliphatic rings. The number of carboxylic acid groups (broad SMARTS) is 1. The van der Waals surface area contributed by atoms with E-state index in [0.29, 0.717) is 6.42 Å². The number of phenolic OH excluding ortho intramolecular Hbond substituents is 1. The third-order valence-electron chi connectivity index (χ3n) is 8.86. The summed E-state index contributed by atoms with van der Waals surface area (Å²) < 4.78 is 17.0. The minimum atomic E-state index is -3.09. The number of carbonyl (C=O) groups is 3. The second-order valence-corrected chi connectivity index (χ2v) is 12.5. The van der Waals surface area contributed by atoms with Gasteiger partial charge in [0.1, 0.15) is 23.2 Å². The van der Waals surface area contributed by atoms with Crippen LogP contribution in [-0.4, -0.2) is 86.5 Å². The number of ether oxygens (including phenoxy) is 2. The smallest absolute Gasteiger partial charge is 0.335 e. The molecule has 0 aliphatic carbocycles. The van der Waals surface area contributed by atoms with Crippen molar-refractivity contribution in [1.29, 1.82) is 0 Å². The Labute approximate surface area is 291 Å². The number of rotatable bonds is 14. The second kappa shape index (κ2) is 15.2. The molecule has 4 aromatic rings. The van der Waals surface area contributed by atoms with E-state index in [1.807, 2.05) is 49.4 Å². The van der Waals surface area contributed by atoms with Gasteiger partial charge in [-0.25, -0.2) is 4.79 Å². The highest BCUT2D eigenvalue weighted by Crippen LogP contribution is 2.39. The minimum Gasteiger partial charge on any atom is -0.508 e. The van der Waals surface area contributed by atoms with Crippen molar-refractivity contribution in [1.82, 2.24) is 5.32 Å². The van der Waals surface area contributed by atoms with E-state index in [9.17, 15) is 44.7 Å². The highest BCUT2D eigenvalue weighted by Gasteiger charge is 2.67. The van der Waals surface area contributed by atoms with Gasteiger partial charge in [0.15, 0.2) is 23.6 Å². The van der Waals surface area contributed by atoms with Gasteiger partial charge in [-0.2, -0.15) is 0 Å². The molecule has 14 heteroatoms. The van der Waals surface area contributed by atoms with E-state index < -0.39 is 59.3 Å². The van der Waals surface area contributed by atoms with Crippen molar-refractivity contribution in [2.75, 3.05) is 13.1 Å². The van der Waals surface area contributed by atoms with Crippen LogP contribution in [0.5, 0.6) is 11.5 Å². The topological polar surface area (TPSA) is 239 Å². The van der Waals surface area contributed by atoms with Crippen LogP contribution >= 0.6 is 0 Å². The van der Waals surface area contributed by atoms with Crippen molar-refractivity contribution in [3.63, 3.8) is 0 Å². The summed E-state index contributed by atoms with van der Waals surface area (Å²) in [7, 11) is 0. The monoisotopic (exact) mass is 702 g/mol. The number of aliphatic carboxylic acids is 1. The van der Waals surface area contributed by atoms with Crippen molar-refractivity contribution in [2.45, 2.75) is 49.5 Å². The maximum atomic E-state index is 13.5. The normalized spacial score (nSPS) is 24.0. The first-order valence-corrected chi connectivity index (χ1v) is 16.1. The molecular formula is C37H38N2O12. The first-order valence-electron chi connectivity index (χ1n) is 16.1. The Morgan fingerprint density at radius 3 is 2.43 bits per heavy atom. The lowest BCUT2D eigenvalue weighted by Crippen LogP contribution is -2.79. The highest BCUT2D eigenvalue weighted by molar-refractivity contribution is 5.99. The minimum absolute atomic E-state index is 0.0205. The Hall–Kier alpha value is -5.38. The number of nitrogens with one attached hydrogen (secondary N) is 1. The molecule has 1 aromatic heterocycles. The van der Waals surface area contributed by atoms with Crippen LogP contribution in [0.3, 0.4) is 0 Å². The Bertz CT molecular complexity index is 1980. The van der Waals surface area contributed by atoms with Gasteiger partial charge in [0.05, 0.1) is 10.9 Å². The number of carbonyl (C=O) groups excluding carboxylic acids is 2. The molecule has 51 heavy (non-hydrogen) atoms. The van der Waals surface area contributed by atoms with Gasteiger partial charge >= 0.3 is 5.97 Å². The van der Waals surface area contributed by atoms with Gasteiger partial charge in [-0.15, -0.1) is 0 Å². The van der Waals surface area contributed by atoms with E-state index in [4.69, 9.17) is 19.6 Å². The number of allylic oxidation sites excluding steroid dienone is 1. The molecule has 0 spiro atoms. The number of aliphatic hydroxyl groups is 3. The van der Waals surface area contributed by atoms with E-state index in [1.165, 1.54) is 36.4 Å². The maximum absolute atomic E-state index is 13.5. The molecule has 2 heterocycles. The maximum Gasteiger partial charge on any atom is 0.335 e. The van der Waals surface area contributed by atoms with Crippen LogP contribution in [0, 0.1) is 5.92 Å². The van der Waals surface area contributed by atoms with Crippen LogP contribution in [0.2, 0.25) is 0 Å². The summed E-state index contributed by atoms with van der Waals surface area (Å²) in [6.07, 6.45) is -1.47. The zero-order valence-electron chi connectivity index (χ0n) is 27.5. The van der Waals surface area contributed by atoms with E-state index in [1.54, 1.807) is 0 Å². The summed E-state index contributed by atoms with van der Waals surface area (Å²) in [5.74, 6) is -3.42. The predicted molar refractivity (Wildman–Crippen MR) is 184 cm³/mol. The van der Waals surface area contributed by atoms with Gasteiger partial charge in [0, 0.05) is 12.6 Å². The lowest BCUT2D eigenvalue weighted by molar-refractivity contribution is -0.334. The van der Waals surface area contributed by atoms with Crippen LogP contribution in [-0.2, 0) is 14.3 Å². The SMILES string of the molecule is C[C@@H](CC=Cc1ccccc1)CCNC[C@@]1(O)[C@H](Oc2ccc3c(=O)c(-c4ccc(O)cc4)c(C(N)=O)oc3c2)O[C@H](C(=O)O)[C@@H](O)[C@@]1(O)C=O. The van der Waals surface area contributed by atoms with Crippen molar-refractivity contribution < 1.29 is 53.8 Å². The highest BCUT2D eigenvalue weighted by atomic mass is 16.7. The van der Waals surface area contributed by atoms with Crippen molar-refractivity contribution in [3.05, 3.63) is 100 Å². The largest absolute Gasteiger partial charge is 0.508 e. The number of primary amides is 1. The van der Waals surface area contributed by atoms with Crippen LogP contribution in [0.25, 0.3) is 28.2 Å². The summed E-state index contributed by atoms with van der Waals surface area (Å²) >= 11 is 0. The number of aromatic hydroxyl groups is 1. The Morgan fingerprint density at radius 1 is 1.08 bits per heavy atom. The number of phenols is 1. The van der Waals surface area contributed by atoms with E-state index >= 15 is 0 Å². The van der Waals surface area contributed by atoms with E-state index in [-0.39, 0.29) is 52.3 Å². The van der Waals surface area contributed by atoms with Crippen LogP contribution in [0.4, 0.5) is 0 Å². The summed E-state index contributed by atoms with van der Waals surface area (Å²) in [5, 5.41) is 56.3. The molecule has 1 saturated heterocycles.